The minimum Gasteiger partial charge on any atom is -0.431 e. The molecule has 1 fully saturated rings. The van der Waals surface area contributed by atoms with Crippen LogP contribution in [0.2, 0.25) is 0 Å². The van der Waals surface area contributed by atoms with Gasteiger partial charge >= 0.3 is 5.97 Å². The number of benzene rings is 1. The fourth-order valence-electron chi connectivity index (χ4n) is 2.12. The van der Waals surface area contributed by atoms with Crippen LogP contribution in [0.3, 0.4) is 0 Å². The molecule has 2 rings (SSSR count). The number of cyclic esters (lactones) is 1. The molecule has 2 atom stereocenters. The van der Waals surface area contributed by atoms with Crippen LogP contribution >= 0.6 is 0 Å². The summed E-state index contributed by atoms with van der Waals surface area (Å²) in [5.41, 5.74) is -0.393. The topological polar surface area (TPSA) is 69.7 Å². The van der Waals surface area contributed by atoms with Crippen molar-refractivity contribution in [2.24, 2.45) is 5.41 Å². The van der Waals surface area contributed by atoms with Gasteiger partial charge in [0.25, 0.3) is 0 Å². The Balaban J connectivity index is 2.06. The minimum absolute atomic E-state index is 0.0851. The highest BCUT2D eigenvalue weighted by atomic mass is 32.2. The van der Waals surface area contributed by atoms with Gasteiger partial charge in [-0.2, -0.15) is 0 Å². The first kappa shape index (κ1) is 17.0. The van der Waals surface area contributed by atoms with Crippen LogP contribution < -0.4 is 0 Å². The van der Waals surface area contributed by atoms with Crippen LogP contribution in [0.1, 0.15) is 34.1 Å². The lowest BCUT2D eigenvalue weighted by atomic mass is 9.87. The van der Waals surface area contributed by atoms with Crippen LogP contribution in [0.15, 0.2) is 35.2 Å². The second-order valence-corrected chi connectivity index (χ2v) is 8.75. The molecule has 0 unspecified atom stereocenters. The molecular weight excluding hydrogens is 304 g/mol. The molecule has 0 amide bonds. The van der Waals surface area contributed by atoms with E-state index in [2.05, 4.69) is 0 Å². The van der Waals surface area contributed by atoms with E-state index in [0.29, 0.717) is 0 Å². The zero-order chi connectivity index (χ0) is 16.6. The van der Waals surface area contributed by atoms with Crippen molar-refractivity contribution in [3.8, 4) is 0 Å². The first-order valence-electron chi connectivity index (χ1n) is 7.24. The summed E-state index contributed by atoms with van der Waals surface area (Å²) in [5.74, 6) is -1.69. The molecule has 0 bridgehead atoms. The lowest BCUT2D eigenvalue weighted by Gasteiger charge is -2.35. The van der Waals surface area contributed by atoms with Crippen LogP contribution in [0.25, 0.3) is 0 Å². The average molecular weight is 326 g/mol. The maximum atomic E-state index is 12.2. The van der Waals surface area contributed by atoms with E-state index in [1.54, 1.807) is 37.3 Å². The van der Waals surface area contributed by atoms with E-state index in [-0.39, 0.29) is 17.1 Å². The summed E-state index contributed by atoms with van der Waals surface area (Å²) >= 11 is 0. The normalized spacial score (nSPS) is 26.0. The molecule has 1 aliphatic heterocycles. The standard InChI is InChI=1S/C16H22O5S/c1-15(2,3)16(4)20-13(14(17)21-16)10-11-22(18,19)12-8-6-5-7-9-12/h5-9,13H,10-11H2,1-4H3/t13-,16+/m0/s1. The van der Waals surface area contributed by atoms with Crippen molar-refractivity contribution in [2.45, 2.75) is 50.9 Å². The zero-order valence-corrected chi connectivity index (χ0v) is 14.1. The summed E-state index contributed by atoms with van der Waals surface area (Å²) in [6, 6.07) is 8.18. The molecule has 122 valence electrons. The minimum atomic E-state index is -3.43. The Morgan fingerprint density at radius 2 is 1.77 bits per heavy atom. The maximum absolute atomic E-state index is 12.2. The van der Waals surface area contributed by atoms with E-state index in [1.807, 2.05) is 20.8 Å². The predicted octanol–water partition coefficient (Wildman–Crippen LogP) is 2.55. The Morgan fingerprint density at radius 3 is 2.27 bits per heavy atom. The number of sulfone groups is 1. The number of ether oxygens (including phenoxy) is 2. The SMILES string of the molecule is CC(C)(C)[C@@]1(C)OC(=O)[C@H](CCS(=O)(=O)c2ccccc2)O1. The third-order valence-electron chi connectivity index (χ3n) is 4.04. The van der Waals surface area contributed by atoms with Crippen molar-refractivity contribution < 1.29 is 22.7 Å². The van der Waals surface area contributed by atoms with Gasteiger partial charge in [0.1, 0.15) is 0 Å². The number of hydrogen-bond acceptors (Lipinski definition) is 5. The summed E-state index contributed by atoms with van der Waals surface area (Å²) in [5, 5.41) is 0. The Morgan fingerprint density at radius 1 is 1.18 bits per heavy atom. The van der Waals surface area contributed by atoms with Gasteiger partial charge in [-0.05, 0) is 18.6 Å². The molecule has 1 saturated heterocycles. The third-order valence-corrected chi connectivity index (χ3v) is 5.80. The summed E-state index contributed by atoms with van der Waals surface area (Å²) in [6.45, 7) is 7.42. The molecule has 0 spiro atoms. The Kier molecular flexibility index (Phi) is 4.37. The largest absolute Gasteiger partial charge is 0.431 e. The van der Waals surface area contributed by atoms with Gasteiger partial charge in [0.05, 0.1) is 10.6 Å². The van der Waals surface area contributed by atoms with E-state index in [1.165, 1.54) is 0 Å². The van der Waals surface area contributed by atoms with Crippen LogP contribution in [0.5, 0.6) is 0 Å². The fraction of sp³-hybridized carbons (Fsp3) is 0.562. The van der Waals surface area contributed by atoms with E-state index >= 15 is 0 Å². The van der Waals surface area contributed by atoms with Crippen LogP contribution in [0, 0.1) is 5.41 Å². The predicted molar refractivity (Wildman–Crippen MR) is 81.9 cm³/mol. The molecule has 0 aromatic heterocycles. The molecule has 1 aromatic carbocycles. The van der Waals surface area contributed by atoms with Crippen molar-refractivity contribution in [1.29, 1.82) is 0 Å². The van der Waals surface area contributed by atoms with Gasteiger partial charge in [-0.3, -0.25) is 0 Å². The zero-order valence-electron chi connectivity index (χ0n) is 13.3. The summed E-state index contributed by atoms with van der Waals surface area (Å²) < 4.78 is 35.6. The Bertz CT molecular complexity index is 645. The highest BCUT2D eigenvalue weighted by molar-refractivity contribution is 7.91. The van der Waals surface area contributed by atoms with Crippen molar-refractivity contribution in [3.05, 3.63) is 30.3 Å². The second-order valence-electron chi connectivity index (χ2n) is 6.64. The quantitative estimate of drug-likeness (QED) is 0.795. The molecule has 5 nitrogen and oxygen atoms in total. The van der Waals surface area contributed by atoms with Crippen LogP contribution in [-0.2, 0) is 24.1 Å². The lowest BCUT2D eigenvalue weighted by Crippen LogP contribution is -2.41. The molecule has 0 aliphatic carbocycles. The highest BCUT2D eigenvalue weighted by Crippen LogP contribution is 2.40. The molecule has 22 heavy (non-hydrogen) atoms. The fourth-order valence-corrected chi connectivity index (χ4v) is 3.45. The molecule has 6 heteroatoms. The van der Waals surface area contributed by atoms with Crippen molar-refractivity contribution in [3.63, 3.8) is 0 Å². The van der Waals surface area contributed by atoms with Gasteiger partial charge in [0.2, 0.25) is 5.79 Å². The molecule has 1 heterocycles. The number of rotatable bonds is 4. The number of carbonyl (C=O) groups excluding carboxylic acids is 1. The van der Waals surface area contributed by atoms with E-state index in [0.717, 1.165) is 0 Å². The monoisotopic (exact) mass is 326 g/mol. The molecule has 0 N–H and O–H groups in total. The van der Waals surface area contributed by atoms with Crippen LogP contribution in [-0.4, -0.2) is 32.0 Å². The van der Waals surface area contributed by atoms with Crippen molar-refractivity contribution >= 4 is 15.8 Å². The molecular formula is C16H22O5S. The molecule has 0 radical (unpaired) electrons. The van der Waals surface area contributed by atoms with E-state index < -0.39 is 33.1 Å². The van der Waals surface area contributed by atoms with Crippen LogP contribution in [0.4, 0.5) is 0 Å². The van der Waals surface area contributed by atoms with E-state index in [9.17, 15) is 13.2 Å². The Hall–Kier alpha value is -1.40. The maximum Gasteiger partial charge on any atom is 0.337 e. The Labute approximate surface area is 131 Å². The first-order chi connectivity index (χ1) is 10.1. The number of carbonyl (C=O) groups is 1. The van der Waals surface area contributed by atoms with Gasteiger partial charge in [-0.25, -0.2) is 13.2 Å². The van der Waals surface area contributed by atoms with Gasteiger partial charge in [-0.15, -0.1) is 0 Å². The molecule has 0 saturated carbocycles. The number of hydrogen-bond donors (Lipinski definition) is 0. The highest BCUT2D eigenvalue weighted by Gasteiger charge is 2.51. The van der Waals surface area contributed by atoms with Gasteiger partial charge in [0, 0.05) is 12.3 Å². The van der Waals surface area contributed by atoms with Gasteiger partial charge in [-0.1, -0.05) is 39.0 Å². The van der Waals surface area contributed by atoms with Crippen molar-refractivity contribution in [2.75, 3.05) is 5.75 Å². The number of esters is 1. The lowest BCUT2D eigenvalue weighted by molar-refractivity contribution is -0.217. The van der Waals surface area contributed by atoms with E-state index in [4.69, 9.17) is 9.47 Å². The third kappa shape index (κ3) is 3.33. The summed E-state index contributed by atoms with van der Waals surface area (Å²) in [6.07, 6.45) is -0.760. The summed E-state index contributed by atoms with van der Waals surface area (Å²) in [4.78, 5) is 12.2. The smallest absolute Gasteiger partial charge is 0.337 e. The second kappa shape index (κ2) is 5.66. The van der Waals surface area contributed by atoms with Gasteiger partial charge in [0.15, 0.2) is 15.9 Å². The molecule has 1 aromatic rings. The van der Waals surface area contributed by atoms with Gasteiger partial charge < -0.3 is 9.47 Å². The summed E-state index contributed by atoms with van der Waals surface area (Å²) in [7, 11) is -3.43. The average Bonchev–Trinajstić information content (AvgIpc) is 2.73. The van der Waals surface area contributed by atoms with Crippen molar-refractivity contribution in [1.82, 2.24) is 0 Å². The first-order valence-corrected chi connectivity index (χ1v) is 8.89. The molecule has 1 aliphatic rings.